The molecule has 1 heterocycles. The van der Waals surface area contributed by atoms with Crippen molar-refractivity contribution in [2.75, 3.05) is 13.2 Å². The van der Waals surface area contributed by atoms with Gasteiger partial charge in [0.1, 0.15) is 12.2 Å². The first-order chi connectivity index (χ1) is 9.70. The summed E-state index contributed by atoms with van der Waals surface area (Å²) < 4.78 is 11.1. The summed E-state index contributed by atoms with van der Waals surface area (Å²) in [4.78, 5) is 0. The lowest BCUT2D eigenvalue weighted by Gasteiger charge is -2.25. The largest absolute Gasteiger partial charge is 0.386 e. The first kappa shape index (κ1) is 14.7. The Balaban J connectivity index is 1.82. The van der Waals surface area contributed by atoms with E-state index in [0.29, 0.717) is 19.8 Å². The van der Waals surface area contributed by atoms with Crippen molar-refractivity contribution in [2.45, 2.75) is 18.8 Å². The van der Waals surface area contributed by atoms with Crippen molar-refractivity contribution in [3.8, 4) is 0 Å². The quantitative estimate of drug-likeness (QED) is 0.809. The van der Waals surface area contributed by atoms with Crippen molar-refractivity contribution in [2.24, 2.45) is 0 Å². The van der Waals surface area contributed by atoms with Gasteiger partial charge in [-0.1, -0.05) is 43.0 Å². The summed E-state index contributed by atoms with van der Waals surface area (Å²) in [5.74, 6) is 0. The van der Waals surface area contributed by atoms with Gasteiger partial charge in [0.05, 0.1) is 19.8 Å². The van der Waals surface area contributed by atoms with Crippen LogP contribution in [0, 0.1) is 0 Å². The van der Waals surface area contributed by atoms with E-state index < -0.39 is 6.10 Å². The number of aliphatic hydroxyl groups is 1. The monoisotopic (exact) mass is 272 g/mol. The normalized spacial score (nSPS) is 22.1. The Morgan fingerprint density at radius 1 is 1.40 bits per heavy atom. The van der Waals surface area contributed by atoms with Crippen LogP contribution < -0.4 is 0 Å². The molecule has 1 aliphatic rings. The Hall–Kier alpha value is -1.68. The number of hydrogen-bond acceptors (Lipinski definition) is 3. The minimum absolute atomic E-state index is 0.336. The molecule has 0 aliphatic carbocycles. The van der Waals surface area contributed by atoms with Crippen molar-refractivity contribution >= 4 is 0 Å². The zero-order valence-electron chi connectivity index (χ0n) is 11.5. The topological polar surface area (TPSA) is 38.7 Å². The molecule has 0 unspecified atom stereocenters. The highest BCUT2D eigenvalue weighted by Gasteiger charge is 2.21. The zero-order valence-corrected chi connectivity index (χ0v) is 11.5. The Bertz CT molecular complexity index is 490. The molecule has 0 saturated carbocycles. The maximum atomic E-state index is 9.84. The highest BCUT2D eigenvalue weighted by molar-refractivity contribution is 5.32. The second-order valence-electron chi connectivity index (χ2n) is 4.78. The van der Waals surface area contributed by atoms with Crippen LogP contribution in [0.2, 0.25) is 0 Å². The molecule has 0 aromatic heterocycles. The summed E-state index contributed by atoms with van der Waals surface area (Å²) >= 11 is 0. The van der Waals surface area contributed by atoms with Gasteiger partial charge >= 0.3 is 0 Å². The molecule has 2 atom stereocenters. The fourth-order valence-corrected chi connectivity index (χ4v) is 2.02. The Morgan fingerprint density at radius 3 is 2.80 bits per heavy atom. The average Bonchev–Trinajstić information content (AvgIpc) is 2.48. The molecular weight excluding hydrogens is 252 g/mol. The minimum atomic E-state index is -0.665. The van der Waals surface area contributed by atoms with E-state index in [1.165, 1.54) is 0 Å². The molecule has 106 valence electrons. The number of ether oxygens (including phenoxy) is 2. The third-order valence-corrected chi connectivity index (χ3v) is 3.21. The number of hydrogen-bond donors (Lipinski definition) is 1. The fraction of sp³-hybridized carbons (Fsp3) is 0.294. The van der Waals surface area contributed by atoms with Crippen molar-refractivity contribution in [3.05, 3.63) is 72.4 Å². The third-order valence-electron chi connectivity index (χ3n) is 3.21. The molecule has 0 spiro atoms. The van der Waals surface area contributed by atoms with Gasteiger partial charge in [-0.15, -0.1) is 6.58 Å². The molecular formula is C17H20O3. The fourth-order valence-electron chi connectivity index (χ4n) is 2.02. The van der Waals surface area contributed by atoms with Gasteiger partial charge in [0, 0.05) is 0 Å². The molecule has 2 rings (SSSR count). The molecule has 3 nitrogen and oxygen atoms in total. The third kappa shape index (κ3) is 3.90. The predicted molar refractivity (Wildman–Crippen MR) is 79.3 cm³/mol. The van der Waals surface area contributed by atoms with E-state index in [2.05, 4.69) is 13.2 Å². The van der Waals surface area contributed by atoms with Gasteiger partial charge in [-0.05, 0) is 22.8 Å². The minimum Gasteiger partial charge on any atom is -0.386 e. The molecule has 1 N–H and O–H groups in total. The number of aliphatic hydroxyl groups excluding tert-OH is 1. The Morgan fingerprint density at radius 2 is 2.15 bits per heavy atom. The Kier molecular flexibility index (Phi) is 5.30. The average molecular weight is 272 g/mol. The summed E-state index contributed by atoms with van der Waals surface area (Å²) in [5.41, 5.74) is 2.85. The van der Waals surface area contributed by atoms with Crippen molar-refractivity contribution in [1.29, 1.82) is 0 Å². The maximum Gasteiger partial charge on any atom is 0.105 e. The molecule has 0 amide bonds. The van der Waals surface area contributed by atoms with Gasteiger partial charge in [-0.2, -0.15) is 0 Å². The van der Waals surface area contributed by atoms with Gasteiger partial charge in [-0.3, -0.25) is 0 Å². The van der Waals surface area contributed by atoms with Crippen LogP contribution in [0.3, 0.4) is 0 Å². The zero-order chi connectivity index (χ0) is 14.4. The van der Waals surface area contributed by atoms with E-state index in [1.54, 1.807) is 12.2 Å². The van der Waals surface area contributed by atoms with Crippen LogP contribution in [0.15, 0.2) is 66.8 Å². The van der Waals surface area contributed by atoms with Gasteiger partial charge in [0.25, 0.3) is 0 Å². The van der Waals surface area contributed by atoms with Crippen molar-refractivity contribution in [1.82, 2.24) is 0 Å². The summed E-state index contributed by atoms with van der Waals surface area (Å²) in [6, 6.07) is 9.98. The second kappa shape index (κ2) is 7.20. The molecule has 1 aromatic carbocycles. The molecule has 1 aliphatic heterocycles. The molecule has 0 radical (unpaired) electrons. The van der Waals surface area contributed by atoms with Crippen molar-refractivity contribution in [3.63, 3.8) is 0 Å². The van der Waals surface area contributed by atoms with Crippen LogP contribution in [-0.2, 0) is 16.1 Å². The summed E-state index contributed by atoms with van der Waals surface area (Å²) in [7, 11) is 0. The van der Waals surface area contributed by atoms with E-state index in [1.807, 2.05) is 30.3 Å². The molecule has 3 heteroatoms. The lowest BCUT2D eigenvalue weighted by molar-refractivity contribution is 0.00938. The van der Waals surface area contributed by atoms with Crippen LogP contribution >= 0.6 is 0 Å². The molecule has 0 fully saturated rings. The first-order valence-electron chi connectivity index (χ1n) is 6.63. The summed E-state index contributed by atoms with van der Waals surface area (Å²) in [5, 5.41) is 9.84. The van der Waals surface area contributed by atoms with Crippen LogP contribution in [0.5, 0.6) is 0 Å². The predicted octanol–water partition coefficient (Wildman–Crippen LogP) is 2.63. The molecule has 0 saturated heterocycles. The summed E-state index contributed by atoms with van der Waals surface area (Å²) in [6.07, 6.45) is 2.37. The first-order valence-corrected chi connectivity index (χ1v) is 6.63. The van der Waals surface area contributed by atoms with Gasteiger partial charge in [-0.25, -0.2) is 0 Å². The summed E-state index contributed by atoms with van der Waals surface area (Å²) in [6.45, 7) is 9.02. The lowest BCUT2D eigenvalue weighted by atomic mass is 10.0. The lowest BCUT2D eigenvalue weighted by Crippen LogP contribution is -2.31. The molecule has 20 heavy (non-hydrogen) atoms. The highest BCUT2D eigenvalue weighted by atomic mass is 16.5. The van der Waals surface area contributed by atoms with Gasteiger partial charge in [0.15, 0.2) is 0 Å². The number of benzene rings is 1. The highest BCUT2D eigenvalue weighted by Crippen LogP contribution is 2.19. The van der Waals surface area contributed by atoms with Crippen LogP contribution in [0.1, 0.15) is 5.56 Å². The van der Waals surface area contributed by atoms with Crippen LogP contribution in [0.4, 0.5) is 0 Å². The molecule has 1 aromatic rings. The van der Waals surface area contributed by atoms with E-state index in [9.17, 15) is 5.11 Å². The van der Waals surface area contributed by atoms with E-state index in [0.717, 1.165) is 16.7 Å². The number of rotatable bonds is 6. The Labute approximate surface area is 119 Å². The van der Waals surface area contributed by atoms with E-state index >= 15 is 0 Å². The second-order valence-corrected chi connectivity index (χ2v) is 4.78. The van der Waals surface area contributed by atoms with Crippen molar-refractivity contribution < 1.29 is 14.6 Å². The van der Waals surface area contributed by atoms with Gasteiger partial charge < -0.3 is 14.6 Å². The SMILES string of the molecule is C=C[C@H]1OCC(C(=C)COCc2ccccc2)=C[C@H]1O. The van der Waals surface area contributed by atoms with Crippen LogP contribution in [0.25, 0.3) is 0 Å². The maximum absolute atomic E-state index is 9.84. The van der Waals surface area contributed by atoms with Crippen LogP contribution in [-0.4, -0.2) is 30.5 Å². The van der Waals surface area contributed by atoms with E-state index in [4.69, 9.17) is 9.47 Å². The molecule has 0 bridgehead atoms. The smallest absolute Gasteiger partial charge is 0.105 e. The van der Waals surface area contributed by atoms with Gasteiger partial charge in [0.2, 0.25) is 0 Å². The van der Waals surface area contributed by atoms with E-state index in [-0.39, 0.29) is 6.10 Å². The standard InChI is InChI=1S/C17H20O3/c1-3-17-16(18)9-15(12-20-17)13(2)10-19-11-14-7-5-4-6-8-14/h3-9,16-18H,1-2,10-12H2/t16-,17-/m1/s1.